The van der Waals surface area contributed by atoms with Crippen LogP contribution in [0.5, 0.6) is 0 Å². The fraction of sp³-hybridized carbons (Fsp3) is 0.611. The molecule has 2 nitrogen and oxygen atoms in total. The lowest BCUT2D eigenvalue weighted by Gasteiger charge is -2.19. The lowest BCUT2D eigenvalue weighted by atomic mass is 9.99. The van der Waals surface area contributed by atoms with Gasteiger partial charge in [-0.05, 0) is 36.5 Å². The fourth-order valence-corrected chi connectivity index (χ4v) is 3.20. The first-order chi connectivity index (χ1) is 10.9. The third-order valence-corrected chi connectivity index (χ3v) is 4.41. The van der Waals surface area contributed by atoms with Crippen molar-refractivity contribution in [3.05, 3.63) is 29.3 Å². The van der Waals surface area contributed by atoms with E-state index in [0.717, 1.165) is 35.3 Å². The number of alkyl halides is 3. The Morgan fingerprint density at radius 3 is 2.52 bits per heavy atom. The Morgan fingerprint density at radius 2 is 1.83 bits per heavy atom. The maximum Gasteiger partial charge on any atom is 0.471 e. The molecular formula is C18H24F3NO. The number of hydrogen-bond acceptors (Lipinski definition) is 1. The van der Waals surface area contributed by atoms with Gasteiger partial charge < -0.3 is 4.90 Å². The van der Waals surface area contributed by atoms with Crippen molar-refractivity contribution in [2.75, 3.05) is 11.4 Å². The molecule has 0 radical (unpaired) electrons. The number of benzene rings is 1. The molecule has 1 amide bonds. The number of halogens is 3. The van der Waals surface area contributed by atoms with E-state index in [1.54, 1.807) is 12.1 Å². The first-order valence-electron chi connectivity index (χ1n) is 8.44. The molecule has 1 heterocycles. The van der Waals surface area contributed by atoms with Gasteiger partial charge in [0.05, 0.1) is 0 Å². The molecular weight excluding hydrogens is 303 g/mol. The normalized spacial score (nSPS) is 14.2. The van der Waals surface area contributed by atoms with Crippen LogP contribution in [0.2, 0.25) is 0 Å². The highest BCUT2D eigenvalue weighted by atomic mass is 19.4. The van der Waals surface area contributed by atoms with Gasteiger partial charge in [-0.1, -0.05) is 51.2 Å². The summed E-state index contributed by atoms with van der Waals surface area (Å²) in [6, 6.07) is 5.36. The average molecular weight is 327 g/mol. The predicted molar refractivity (Wildman–Crippen MR) is 85.6 cm³/mol. The van der Waals surface area contributed by atoms with Crippen molar-refractivity contribution >= 4 is 11.6 Å². The number of rotatable bonds is 7. The number of carbonyl (C=O) groups is 1. The van der Waals surface area contributed by atoms with Crippen LogP contribution in [-0.4, -0.2) is 18.6 Å². The number of hydrogen-bond donors (Lipinski definition) is 0. The number of anilines is 1. The van der Waals surface area contributed by atoms with E-state index in [0.29, 0.717) is 12.1 Å². The first-order valence-corrected chi connectivity index (χ1v) is 8.44. The third kappa shape index (κ3) is 4.49. The molecule has 1 aliphatic rings. The summed E-state index contributed by atoms with van der Waals surface area (Å²) < 4.78 is 38.0. The van der Waals surface area contributed by atoms with E-state index in [4.69, 9.17) is 0 Å². The van der Waals surface area contributed by atoms with Crippen LogP contribution in [0.4, 0.5) is 18.9 Å². The van der Waals surface area contributed by atoms with Crippen LogP contribution in [-0.2, 0) is 17.6 Å². The van der Waals surface area contributed by atoms with Gasteiger partial charge in [-0.25, -0.2) is 0 Å². The smallest absolute Gasteiger partial charge is 0.304 e. The number of nitrogens with zero attached hydrogens (tertiary/aromatic N) is 1. The van der Waals surface area contributed by atoms with Crippen molar-refractivity contribution in [2.45, 2.75) is 64.5 Å². The fourth-order valence-electron chi connectivity index (χ4n) is 3.20. The quantitative estimate of drug-likeness (QED) is 0.642. The largest absolute Gasteiger partial charge is 0.471 e. The van der Waals surface area contributed by atoms with E-state index < -0.39 is 12.1 Å². The SMILES string of the molecule is CCCCCCCCc1cccc2c1CCN2C(=O)C(F)(F)F. The van der Waals surface area contributed by atoms with Crippen LogP contribution in [0.3, 0.4) is 0 Å². The standard InChI is InChI=1S/C18H24F3NO/c1-2-3-4-5-6-7-9-14-10-8-11-16-15(14)12-13-22(16)17(23)18(19,20)21/h8,10-11H,2-7,9,12-13H2,1H3. The maximum atomic E-state index is 12.7. The summed E-state index contributed by atoms with van der Waals surface area (Å²) in [5, 5.41) is 0. The number of carbonyl (C=O) groups excluding carboxylic acids is 1. The molecule has 1 aliphatic heterocycles. The number of unbranched alkanes of at least 4 members (excludes halogenated alkanes) is 5. The van der Waals surface area contributed by atoms with Crippen LogP contribution < -0.4 is 4.90 Å². The van der Waals surface area contributed by atoms with Gasteiger partial charge in [0.25, 0.3) is 0 Å². The summed E-state index contributed by atoms with van der Waals surface area (Å²) in [5.74, 6) is -1.76. The maximum absolute atomic E-state index is 12.7. The second kappa shape index (κ2) is 7.84. The van der Waals surface area contributed by atoms with Crippen LogP contribution in [0.1, 0.15) is 56.6 Å². The predicted octanol–water partition coefficient (Wildman–Crippen LogP) is 5.04. The molecule has 0 saturated heterocycles. The van der Waals surface area contributed by atoms with E-state index in [9.17, 15) is 18.0 Å². The molecule has 1 aromatic rings. The zero-order valence-electron chi connectivity index (χ0n) is 13.6. The Balaban J connectivity index is 1.98. The summed E-state index contributed by atoms with van der Waals surface area (Å²) in [6.45, 7) is 2.31. The van der Waals surface area contributed by atoms with Crippen LogP contribution >= 0.6 is 0 Å². The highest BCUT2D eigenvalue weighted by Gasteiger charge is 2.44. The summed E-state index contributed by atoms with van der Waals surface area (Å²) in [4.78, 5) is 12.4. The number of fused-ring (bicyclic) bond motifs is 1. The number of amides is 1. The molecule has 0 N–H and O–H groups in total. The van der Waals surface area contributed by atoms with Crippen molar-refractivity contribution in [3.63, 3.8) is 0 Å². The van der Waals surface area contributed by atoms with Gasteiger partial charge in [0, 0.05) is 12.2 Å². The van der Waals surface area contributed by atoms with Crippen LogP contribution in [0.25, 0.3) is 0 Å². The molecule has 0 aliphatic carbocycles. The molecule has 128 valence electrons. The molecule has 23 heavy (non-hydrogen) atoms. The van der Waals surface area contributed by atoms with Gasteiger partial charge in [0.2, 0.25) is 0 Å². The van der Waals surface area contributed by atoms with E-state index in [1.165, 1.54) is 25.7 Å². The number of aryl methyl sites for hydroxylation is 1. The minimum atomic E-state index is -4.81. The first kappa shape index (κ1) is 17.8. The Labute approximate surface area is 135 Å². The molecule has 2 rings (SSSR count). The van der Waals surface area contributed by atoms with Gasteiger partial charge in [-0.3, -0.25) is 4.79 Å². The molecule has 0 fully saturated rings. The lowest BCUT2D eigenvalue weighted by Crippen LogP contribution is -2.40. The minimum absolute atomic E-state index is 0.126. The molecule has 0 unspecified atom stereocenters. The zero-order chi connectivity index (χ0) is 16.9. The van der Waals surface area contributed by atoms with Crippen molar-refractivity contribution in [1.29, 1.82) is 0 Å². The van der Waals surface area contributed by atoms with Gasteiger partial charge in [-0.15, -0.1) is 0 Å². The van der Waals surface area contributed by atoms with Gasteiger partial charge in [0.1, 0.15) is 0 Å². The topological polar surface area (TPSA) is 20.3 Å². The second-order valence-electron chi connectivity index (χ2n) is 6.14. The van der Waals surface area contributed by atoms with E-state index in [-0.39, 0.29) is 6.54 Å². The molecule has 0 atom stereocenters. The van der Waals surface area contributed by atoms with Crippen molar-refractivity contribution < 1.29 is 18.0 Å². The highest BCUT2D eigenvalue weighted by Crippen LogP contribution is 2.34. The molecule has 5 heteroatoms. The van der Waals surface area contributed by atoms with Crippen molar-refractivity contribution in [1.82, 2.24) is 0 Å². The van der Waals surface area contributed by atoms with E-state index >= 15 is 0 Å². The average Bonchev–Trinajstić information content (AvgIpc) is 2.93. The highest BCUT2D eigenvalue weighted by molar-refractivity contribution is 5.99. The Kier molecular flexibility index (Phi) is 6.08. The van der Waals surface area contributed by atoms with Gasteiger partial charge in [-0.2, -0.15) is 13.2 Å². The summed E-state index contributed by atoms with van der Waals surface area (Å²) >= 11 is 0. The lowest BCUT2D eigenvalue weighted by molar-refractivity contribution is -0.170. The summed E-state index contributed by atoms with van der Waals surface area (Å²) in [5.41, 5.74) is 2.45. The Hall–Kier alpha value is -1.52. The van der Waals surface area contributed by atoms with Gasteiger partial charge >= 0.3 is 12.1 Å². The van der Waals surface area contributed by atoms with Crippen LogP contribution in [0.15, 0.2) is 18.2 Å². The zero-order valence-corrected chi connectivity index (χ0v) is 13.6. The molecule has 0 spiro atoms. The van der Waals surface area contributed by atoms with Crippen molar-refractivity contribution in [3.8, 4) is 0 Å². The van der Waals surface area contributed by atoms with Crippen LogP contribution in [0, 0.1) is 0 Å². The molecule has 0 bridgehead atoms. The second-order valence-corrected chi connectivity index (χ2v) is 6.14. The minimum Gasteiger partial charge on any atom is -0.304 e. The van der Waals surface area contributed by atoms with Gasteiger partial charge in [0.15, 0.2) is 0 Å². The van der Waals surface area contributed by atoms with E-state index in [2.05, 4.69) is 6.92 Å². The molecule has 1 aromatic carbocycles. The monoisotopic (exact) mass is 327 g/mol. The Morgan fingerprint density at radius 1 is 1.13 bits per heavy atom. The third-order valence-electron chi connectivity index (χ3n) is 4.41. The summed E-state index contributed by atoms with van der Waals surface area (Å²) in [6.07, 6.45) is 3.72. The summed E-state index contributed by atoms with van der Waals surface area (Å²) in [7, 11) is 0. The Bertz CT molecular complexity index is 540. The molecule has 0 aromatic heterocycles. The van der Waals surface area contributed by atoms with E-state index in [1.807, 2.05) is 6.07 Å². The van der Waals surface area contributed by atoms with Crippen molar-refractivity contribution in [2.24, 2.45) is 0 Å². The molecule has 0 saturated carbocycles.